The van der Waals surface area contributed by atoms with Gasteiger partial charge in [-0.15, -0.1) is 19.1 Å². The maximum absolute atomic E-state index is 4.33. The minimum absolute atomic E-state index is 0.127. The van der Waals surface area contributed by atoms with E-state index in [-0.39, 0.29) is 5.16 Å². The highest BCUT2D eigenvalue weighted by atomic mass is 28.2. The molecular formula is C34H35BN2Si. The zero-order valence-electron chi connectivity index (χ0n) is 22.2. The molecule has 0 aliphatic carbocycles. The summed E-state index contributed by atoms with van der Waals surface area (Å²) in [5, 5.41) is -0.127. The SMILES string of the molecule is C=C(C)C[SiH2]C(c1ccccc1)(c1ccccc1)n1ccnc1.C=CB(c1ccccc1)c1ccccc1. The lowest BCUT2D eigenvalue weighted by Gasteiger charge is -2.37. The van der Waals surface area contributed by atoms with Crippen molar-refractivity contribution < 1.29 is 0 Å². The molecule has 0 unspecified atom stereocenters. The van der Waals surface area contributed by atoms with Crippen LogP contribution in [0.1, 0.15) is 18.1 Å². The first-order chi connectivity index (χ1) is 18.6. The van der Waals surface area contributed by atoms with Gasteiger partial charge in [-0.05, 0) is 24.1 Å². The molecule has 0 saturated heterocycles. The third-order valence-electron chi connectivity index (χ3n) is 6.91. The second-order valence-corrected chi connectivity index (χ2v) is 11.6. The first-order valence-electron chi connectivity index (χ1n) is 13.1. The summed E-state index contributed by atoms with van der Waals surface area (Å²) < 4.78 is 2.28. The van der Waals surface area contributed by atoms with Crippen LogP contribution in [0.4, 0.5) is 0 Å². The van der Waals surface area contributed by atoms with Crippen LogP contribution >= 0.6 is 0 Å². The maximum Gasteiger partial charge on any atom is 0.233 e. The van der Waals surface area contributed by atoms with Gasteiger partial charge in [0.2, 0.25) is 6.71 Å². The van der Waals surface area contributed by atoms with E-state index in [9.17, 15) is 0 Å². The van der Waals surface area contributed by atoms with Crippen LogP contribution in [0.3, 0.4) is 0 Å². The van der Waals surface area contributed by atoms with Crippen LogP contribution in [0.2, 0.25) is 6.04 Å². The molecule has 4 heteroatoms. The zero-order chi connectivity index (χ0) is 26.6. The summed E-state index contributed by atoms with van der Waals surface area (Å²) in [6.45, 7) is 10.5. The molecule has 1 aromatic heterocycles. The summed E-state index contributed by atoms with van der Waals surface area (Å²) in [7, 11) is -0.571. The molecule has 0 atom stereocenters. The topological polar surface area (TPSA) is 17.8 Å². The van der Waals surface area contributed by atoms with Crippen LogP contribution < -0.4 is 10.9 Å². The minimum Gasteiger partial charge on any atom is -0.327 e. The van der Waals surface area contributed by atoms with Gasteiger partial charge in [0.1, 0.15) is 0 Å². The first kappa shape index (κ1) is 26.9. The third-order valence-corrected chi connectivity index (χ3v) is 9.92. The van der Waals surface area contributed by atoms with E-state index < -0.39 is 9.52 Å². The number of nitrogens with zero attached hydrogens (tertiary/aromatic N) is 2. The van der Waals surface area contributed by atoms with Crippen molar-refractivity contribution in [1.29, 1.82) is 0 Å². The van der Waals surface area contributed by atoms with E-state index in [0.29, 0.717) is 6.71 Å². The second-order valence-electron chi connectivity index (χ2n) is 9.55. The van der Waals surface area contributed by atoms with Gasteiger partial charge in [0.05, 0.1) is 21.0 Å². The highest BCUT2D eigenvalue weighted by Gasteiger charge is 2.35. The number of hydrogen-bond acceptors (Lipinski definition) is 1. The van der Waals surface area contributed by atoms with Crippen LogP contribution in [0, 0.1) is 0 Å². The summed E-state index contributed by atoms with van der Waals surface area (Å²) in [5.41, 5.74) is 6.50. The van der Waals surface area contributed by atoms with Crippen LogP contribution in [-0.2, 0) is 5.16 Å². The predicted octanol–water partition coefficient (Wildman–Crippen LogP) is 5.82. The molecule has 0 amide bonds. The fraction of sp³-hybridized carbons (Fsp3) is 0.0882. The van der Waals surface area contributed by atoms with Crippen molar-refractivity contribution >= 4 is 27.2 Å². The molecule has 5 aromatic rings. The van der Waals surface area contributed by atoms with Gasteiger partial charge < -0.3 is 4.57 Å². The number of aromatic nitrogens is 2. The maximum atomic E-state index is 4.33. The third kappa shape index (κ3) is 6.40. The number of rotatable bonds is 9. The normalized spacial score (nSPS) is 11.0. The minimum atomic E-state index is -0.571. The van der Waals surface area contributed by atoms with Crippen LogP contribution in [0.25, 0.3) is 0 Å². The Morgan fingerprint density at radius 1 is 0.789 bits per heavy atom. The van der Waals surface area contributed by atoms with Crippen molar-refractivity contribution in [3.05, 3.63) is 176 Å². The van der Waals surface area contributed by atoms with Gasteiger partial charge in [0.15, 0.2) is 0 Å². The number of allylic oxidation sites excluding steroid dienone is 1. The van der Waals surface area contributed by atoms with Gasteiger partial charge in [-0.1, -0.05) is 138 Å². The fourth-order valence-corrected chi connectivity index (χ4v) is 7.26. The Bertz CT molecular complexity index is 1310. The predicted molar refractivity (Wildman–Crippen MR) is 168 cm³/mol. The molecule has 1 heterocycles. The molecule has 4 aromatic carbocycles. The second kappa shape index (κ2) is 13.4. The standard InChI is InChI=1S/C20H22N2Si.C14H13B/c1-17(2)15-23-20(22-14-13-21-16-22,18-9-5-3-6-10-18)19-11-7-4-8-12-19;1-2-15(13-9-5-3-6-10-13)14-11-7-4-8-12-14/h3-14,16H,1,15,23H2,2H3;2-12H,1H2. The van der Waals surface area contributed by atoms with Crippen LogP contribution in [0.15, 0.2) is 165 Å². The van der Waals surface area contributed by atoms with Gasteiger partial charge in [0, 0.05) is 12.4 Å². The fourth-order valence-electron chi connectivity index (χ4n) is 4.97. The van der Waals surface area contributed by atoms with Gasteiger partial charge in [-0.2, -0.15) is 0 Å². The molecule has 2 nitrogen and oxygen atoms in total. The monoisotopic (exact) mass is 510 g/mol. The molecule has 188 valence electrons. The Balaban J connectivity index is 0.000000194. The molecular weight excluding hydrogens is 475 g/mol. The first-order valence-corrected chi connectivity index (χ1v) is 14.8. The zero-order valence-corrected chi connectivity index (χ0v) is 23.6. The molecule has 0 radical (unpaired) electrons. The van der Waals surface area contributed by atoms with Crippen LogP contribution in [0.5, 0.6) is 0 Å². The van der Waals surface area contributed by atoms with Gasteiger partial charge in [0.25, 0.3) is 0 Å². The number of benzene rings is 4. The quantitative estimate of drug-likeness (QED) is 0.181. The molecule has 0 bridgehead atoms. The lowest BCUT2D eigenvalue weighted by molar-refractivity contribution is 0.592. The van der Waals surface area contributed by atoms with E-state index in [0.717, 1.165) is 6.04 Å². The molecule has 0 aliphatic heterocycles. The van der Waals surface area contributed by atoms with E-state index in [4.69, 9.17) is 0 Å². The highest BCUT2D eigenvalue weighted by molar-refractivity contribution is 6.89. The smallest absolute Gasteiger partial charge is 0.233 e. The summed E-state index contributed by atoms with van der Waals surface area (Å²) >= 11 is 0. The molecule has 0 aliphatic rings. The summed E-state index contributed by atoms with van der Waals surface area (Å²) in [6, 6.07) is 43.6. The van der Waals surface area contributed by atoms with Crippen molar-refractivity contribution in [1.82, 2.24) is 9.55 Å². The largest absolute Gasteiger partial charge is 0.327 e. The van der Waals surface area contributed by atoms with Crippen molar-refractivity contribution in [3.63, 3.8) is 0 Å². The lowest BCUT2D eigenvalue weighted by Crippen LogP contribution is -2.41. The van der Waals surface area contributed by atoms with E-state index in [2.05, 4.69) is 145 Å². The van der Waals surface area contributed by atoms with Crippen molar-refractivity contribution in [2.45, 2.75) is 18.1 Å². The Kier molecular flexibility index (Phi) is 9.49. The molecule has 0 saturated carbocycles. The molecule has 0 fully saturated rings. The van der Waals surface area contributed by atoms with E-state index in [1.54, 1.807) is 0 Å². The van der Waals surface area contributed by atoms with Crippen molar-refractivity contribution in [2.24, 2.45) is 0 Å². The Labute approximate surface area is 230 Å². The lowest BCUT2D eigenvalue weighted by atomic mass is 9.41. The van der Waals surface area contributed by atoms with E-state index >= 15 is 0 Å². The van der Waals surface area contributed by atoms with E-state index in [1.807, 2.05) is 30.6 Å². The summed E-state index contributed by atoms with van der Waals surface area (Å²) in [4.78, 5) is 4.33. The van der Waals surface area contributed by atoms with Crippen molar-refractivity contribution in [2.75, 3.05) is 0 Å². The molecule has 0 N–H and O–H groups in total. The molecule has 5 rings (SSSR count). The average Bonchev–Trinajstić information content (AvgIpc) is 3.52. The highest BCUT2D eigenvalue weighted by Crippen LogP contribution is 2.34. The average molecular weight is 511 g/mol. The number of imidazole rings is 1. The summed E-state index contributed by atoms with van der Waals surface area (Å²) in [5.74, 6) is 1.99. The number of hydrogen-bond donors (Lipinski definition) is 0. The van der Waals surface area contributed by atoms with Crippen LogP contribution in [-0.4, -0.2) is 25.8 Å². The van der Waals surface area contributed by atoms with Crippen molar-refractivity contribution in [3.8, 4) is 0 Å². The summed E-state index contributed by atoms with van der Waals surface area (Å²) in [6.07, 6.45) is 5.91. The van der Waals surface area contributed by atoms with Gasteiger partial charge in [-0.25, -0.2) is 4.98 Å². The Hall–Kier alpha value is -4.15. The van der Waals surface area contributed by atoms with E-state index in [1.165, 1.54) is 27.6 Å². The van der Waals surface area contributed by atoms with Gasteiger partial charge in [-0.3, -0.25) is 0 Å². The molecule has 0 spiro atoms. The Morgan fingerprint density at radius 3 is 1.61 bits per heavy atom. The Morgan fingerprint density at radius 2 is 1.24 bits per heavy atom. The molecule has 38 heavy (non-hydrogen) atoms. The van der Waals surface area contributed by atoms with Gasteiger partial charge >= 0.3 is 0 Å².